The van der Waals surface area contributed by atoms with Crippen LogP contribution in [0.5, 0.6) is 0 Å². The van der Waals surface area contributed by atoms with Gasteiger partial charge in [-0.1, -0.05) is 49.4 Å². The first kappa shape index (κ1) is 20.3. The zero-order valence-corrected chi connectivity index (χ0v) is 16.8. The van der Waals surface area contributed by atoms with Crippen molar-refractivity contribution in [2.24, 2.45) is 0 Å². The number of carbonyl (C=O) groups excluding carboxylic acids is 2. The third-order valence-electron chi connectivity index (χ3n) is 5.70. The van der Waals surface area contributed by atoms with Gasteiger partial charge in [-0.15, -0.1) is 0 Å². The van der Waals surface area contributed by atoms with E-state index in [1.807, 2.05) is 19.1 Å². The van der Waals surface area contributed by atoms with E-state index in [1.165, 1.54) is 16.3 Å². The molecule has 0 spiro atoms. The Bertz CT molecular complexity index is 830. The lowest BCUT2D eigenvalue weighted by atomic mass is 9.83. The molecule has 2 aromatic carbocycles. The van der Waals surface area contributed by atoms with Gasteiger partial charge in [-0.25, -0.2) is 0 Å². The van der Waals surface area contributed by atoms with Gasteiger partial charge in [0.1, 0.15) is 0 Å². The maximum atomic E-state index is 12.5. The minimum atomic E-state index is -0.360. The van der Waals surface area contributed by atoms with Gasteiger partial charge >= 0.3 is 0 Å². The summed E-state index contributed by atoms with van der Waals surface area (Å²) in [5, 5.41) is 8.63. The van der Waals surface area contributed by atoms with E-state index < -0.39 is 0 Å². The summed E-state index contributed by atoms with van der Waals surface area (Å²) in [7, 11) is 1.64. The third kappa shape index (κ3) is 4.90. The average molecular weight is 383 g/mol. The number of hydrogen-bond acceptors (Lipinski definition) is 3. The SMILES string of the molecule is CCC(COC)NC(=O)CCC1(Cc2cccc3ccccc23)CCC(=O)N1. The summed E-state index contributed by atoms with van der Waals surface area (Å²) < 4.78 is 5.16. The van der Waals surface area contributed by atoms with Crippen molar-refractivity contribution in [1.82, 2.24) is 10.6 Å². The van der Waals surface area contributed by atoms with Crippen molar-refractivity contribution in [3.05, 3.63) is 48.0 Å². The van der Waals surface area contributed by atoms with Gasteiger partial charge in [0.15, 0.2) is 0 Å². The molecule has 2 amide bonds. The normalized spacial score (nSPS) is 20.1. The van der Waals surface area contributed by atoms with E-state index in [2.05, 4.69) is 41.0 Å². The molecule has 0 bridgehead atoms. The number of rotatable bonds is 9. The molecular formula is C23H30N2O3. The summed E-state index contributed by atoms with van der Waals surface area (Å²) >= 11 is 0. The molecule has 5 nitrogen and oxygen atoms in total. The quantitative estimate of drug-likeness (QED) is 0.699. The fourth-order valence-electron chi connectivity index (χ4n) is 4.11. The Hall–Kier alpha value is -2.40. The van der Waals surface area contributed by atoms with Gasteiger partial charge in [0.2, 0.25) is 11.8 Å². The van der Waals surface area contributed by atoms with Gasteiger partial charge in [-0.05, 0) is 42.0 Å². The number of fused-ring (bicyclic) bond motifs is 1. The first-order valence-electron chi connectivity index (χ1n) is 10.1. The van der Waals surface area contributed by atoms with Crippen molar-refractivity contribution in [2.45, 2.75) is 57.0 Å². The molecule has 150 valence electrons. The number of nitrogens with one attached hydrogen (secondary N) is 2. The molecule has 0 radical (unpaired) electrons. The van der Waals surface area contributed by atoms with Crippen molar-refractivity contribution in [3.8, 4) is 0 Å². The highest BCUT2D eigenvalue weighted by atomic mass is 16.5. The van der Waals surface area contributed by atoms with Crippen LogP contribution in [-0.2, 0) is 20.7 Å². The molecule has 1 fully saturated rings. The standard InChI is InChI=1S/C23H30N2O3/c1-3-19(16-28-2)24-21(26)11-13-23(14-12-22(27)25-23)15-18-9-6-8-17-7-4-5-10-20(17)18/h4-10,19H,3,11-16H2,1-2H3,(H,24,26)(H,25,27). The Morgan fingerprint density at radius 2 is 2.04 bits per heavy atom. The highest BCUT2D eigenvalue weighted by Gasteiger charge is 2.38. The summed E-state index contributed by atoms with van der Waals surface area (Å²) in [6.07, 6.45) is 3.88. The van der Waals surface area contributed by atoms with E-state index in [0.717, 1.165) is 19.3 Å². The van der Waals surface area contributed by atoms with E-state index in [4.69, 9.17) is 4.74 Å². The van der Waals surface area contributed by atoms with Crippen LogP contribution >= 0.6 is 0 Å². The Morgan fingerprint density at radius 1 is 1.25 bits per heavy atom. The first-order valence-corrected chi connectivity index (χ1v) is 10.1. The monoisotopic (exact) mass is 382 g/mol. The minimum absolute atomic E-state index is 0.0161. The van der Waals surface area contributed by atoms with E-state index in [-0.39, 0.29) is 23.4 Å². The van der Waals surface area contributed by atoms with Gasteiger partial charge in [-0.3, -0.25) is 9.59 Å². The fraction of sp³-hybridized carbons (Fsp3) is 0.478. The van der Waals surface area contributed by atoms with Crippen molar-refractivity contribution < 1.29 is 14.3 Å². The molecule has 5 heteroatoms. The molecule has 2 N–H and O–H groups in total. The molecule has 0 saturated carbocycles. The van der Waals surface area contributed by atoms with Crippen molar-refractivity contribution in [1.29, 1.82) is 0 Å². The first-order chi connectivity index (χ1) is 13.5. The molecule has 1 aliphatic rings. The minimum Gasteiger partial charge on any atom is -0.383 e. The maximum absolute atomic E-state index is 12.5. The van der Waals surface area contributed by atoms with E-state index in [0.29, 0.717) is 25.9 Å². The van der Waals surface area contributed by atoms with Crippen LogP contribution in [0, 0.1) is 0 Å². The second-order valence-corrected chi connectivity index (χ2v) is 7.77. The molecular weight excluding hydrogens is 352 g/mol. The summed E-state index contributed by atoms with van der Waals surface area (Å²) in [6, 6.07) is 14.6. The van der Waals surface area contributed by atoms with Crippen LogP contribution in [0.1, 0.15) is 44.6 Å². The van der Waals surface area contributed by atoms with Crippen LogP contribution in [0.15, 0.2) is 42.5 Å². The average Bonchev–Trinajstić information content (AvgIpc) is 3.07. The zero-order chi connectivity index (χ0) is 20.0. The van der Waals surface area contributed by atoms with Crippen LogP contribution in [0.4, 0.5) is 0 Å². The molecule has 0 aliphatic carbocycles. The Labute approximate surface area is 166 Å². The second-order valence-electron chi connectivity index (χ2n) is 7.77. The number of hydrogen-bond donors (Lipinski definition) is 2. The predicted molar refractivity (Wildman–Crippen MR) is 111 cm³/mol. The number of ether oxygens (including phenoxy) is 1. The number of methoxy groups -OCH3 is 1. The number of carbonyl (C=O) groups is 2. The summed E-state index contributed by atoms with van der Waals surface area (Å²) in [6.45, 7) is 2.54. The third-order valence-corrected chi connectivity index (χ3v) is 5.70. The van der Waals surface area contributed by atoms with Crippen molar-refractivity contribution >= 4 is 22.6 Å². The molecule has 1 heterocycles. The highest BCUT2D eigenvalue weighted by molar-refractivity contribution is 5.86. The van der Waals surface area contributed by atoms with Gasteiger partial charge in [0.05, 0.1) is 12.6 Å². The van der Waals surface area contributed by atoms with E-state index in [1.54, 1.807) is 7.11 Å². The Kier molecular flexibility index (Phi) is 6.68. The lowest BCUT2D eigenvalue weighted by Gasteiger charge is -2.30. The van der Waals surface area contributed by atoms with E-state index >= 15 is 0 Å². The Morgan fingerprint density at radius 3 is 2.75 bits per heavy atom. The summed E-state index contributed by atoms with van der Waals surface area (Å²) in [5.41, 5.74) is 0.855. The van der Waals surface area contributed by atoms with Crippen LogP contribution in [0.2, 0.25) is 0 Å². The molecule has 3 rings (SSSR count). The van der Waals surface area contributed by atoms with Crippen LogP contribution in [-0.4, -0.2) is 37.1 Å². The topological polar surface area (TPSA) is 67.4 Å². The molecule has 28 heavy (non-hydrogen) atoms. The Balaban J connectivity index is 1.72. The lowest BCUT2D eigenvalue weighted by molar-refractivity contribution is -0.123. The molecule has 2 aromatic rings. The highest BCUT2D eigenvalue weighted by Crippen LogP contribution is 2.32. The number of amides is 2. The van der Waals surface area contributed by atoms with Crippen LogP contribution < -0.4 is 10.6 Å². The summed E-state index contributed by atoms with van der Waals surface area (Å²) in [4.78, 5) is 24.5. The zero-order valence-electron chi connectivity index (χ0n) is 16.8. The molecule has 2 atom stereocenters. The lowest BCUT2D eigenvalue weighted by Crippen LogP contribution is -2.45. The van der Waals surface area contributed by atoms with Gasteiger partial charge < -0.3 is 15.4 Å². The second kappa shape index (κ2) is 9.20. The largest absolute Gasteiger partial charge is 0.383 e. The molecule has 2 unspecified atom stereocenters. The van der Waals surface area contributed by atoms with Gasteiger partial charge in [-0.2, -0.15) is 0 Å². The van der Waals surface area contributed by atoms with Crippen LogP contribution in [0.25, 0.3) is 10.8 Å². The van der Waals surface area contributed by atoms with Crippen molar-refractivity contribution in [2.75, 3.05) is 13.7 Å². The predicted octanol–water partition coefficient (Wildman–Crippen LogP) is 3.35. The number of benzene rings is 2. The van der Waals surface area contributed by atoms with E-state index in [9.17, 15) is 9.59 Å². The maximum Gasteiger partial charge on any atom is 0.220 e. The smallest absolute Gasteiger partial charge is 0.220 e. The molecule has 1 aliphatic heterocycles. The molecule has 1 saturated heterocycles. The van der Waals surface area contributed by atoms with Crippen LogP contribution in [0.3, 0.4) is 0 Å². The van der Waals surface area contributed by atoms with Gasteiger partial charge in [0.25, 0.3) is 0 Å². The summed E-state index contributed by atoms with van der Waals surface area (Å²) in [5.74, 6) is 0.0915. The van der Waals surface area contributed by atoms with Gasteiger partial charge in [0, 0.05) is 25.5 Å². The van der Waals surface area contributed by atoms with Crippen molar-refractivity contribution in [3.63, 3.8) is 0 Å². The fourth-order valence-corrected chi connectivity index (χ4v) is 4.11. The molecule has 0 aromatic heterocycles.